The monoisotopic (exact) mass is 220 g/mol. The van der Waals surface area contributed by atoms with Crippen LogP contribution in [0.15, 0.2) is 24.3 Å². The summed E-state index contributed by atoms with van der Waals surface area (Å²) in [6.07, 6.45) is 3.44. The lowest BCUT2D eigenvalue weighted by Gasteiger charge is -2.19. The van der Waals surface area contributed by atoms with Gasteiger partial charge in [0.1, 0.15) is 0 Å². The molecule has 1 rings (SSSR count). The summed E-state index contributed by atoms with van der Waals surface area (Å²) in [5.41, 5.74) is 1.34. The van der Waals surface area contributed by atoms with Crippen LogP contribution in [0.4, 0.5) is 0 Å². The quantitative estimate of drug-likeness (QED) is 0.825. The summed E-state index contributed by atoms with van der Waals surface area (Å²) in [5.74, 6) is -0.784. The van der Waals surface area contributed by atoms with Crippen molar-refractivity contribution in [2.75, 3.05) is 0 Å². The van der Waals surface area contributed by atoms with Gasteiger partial charge in [-0.1, -0.05) is 37.6 Å². The lowest BCUT2D eigenvalue weighted by Crippen LogP contribution is -2.28. The number of hydrogen-bond acceptors (Lipinski definition) is 1. The van der Waals surface area contributed by atoms with Gasteiger partial charge in [0.25, 0.3) is 0 Å². The maximum Gasteiger partial charge on any atom is 0.313 e. The fourth-order valence-electron chi connectivity index (χ4n) is 1.59. The third-order valence-electron chi connectivity index (χ3n) is 3.03. The fraction of sp³-hybridized carbons (Fsp3) is 0.500. The molecule has 2 heteroatoms. The van der Waals surface area contributed by atoms with Gasteiger partial charge < -0.3 is 5.11 Å². The SMILES string of the molecule is CCCCc1ccc(C(C)(C)C(=O)O)cc1. The van der Waals surface area contributed by atoms with Crippen LogP contribution >= 0.6 is 0 Å². The van der Waals surface area contributed by atoms with Crippen LogP contribution in [0, 0.1) is 0 Å². The smallest absolute Gasteiger partial charge is 0.313 e. The van der Waals surface area contributed by atoms with E-state index < -0.39 is 11.4 Å². The zero-order chi connectivity index (χ0) is 12.2. The largest absolute Gasteiger partial charge is 0.481 e. The van der Waals surface area contributed by atoms with Crippen LogP contribution in [0.1, 0.15) is 44.7 Å². The normalized spacial score (nSPS) is 11.4. The summed E-state index contributed by atoms with van der Waals surface area (Å²) in [7, 11) is 0. The molecule has 0 saturated carbocycles. The molecule has 0 spiro atoms. The number of rotatable bonds is 5. The van der Waals surface area contributed by atoms with E-state index in [1.54, 1.807) is 13.8 Å². The van der Waals surface area contributed by atoms with Crippen molar-refractivity contribution in [1.29, 1.82) is 0 Å². The summed E-state index contributed by atoms with van der Waals surface area (Å²) in [6.45, 7) is 5.63. The zero-order valence-corrected chi connectivity index (χ0v) is 10.3. The number of aryl methyl sites for hydroxylation is 1. The first-order chi connectivity index (χ1) is 7.48. The van der Waals surface area contributed by atoms with Gasteiger partial charge >= 0.3 is 5.97 Å². The lowest BCUT2D eigenvalue weighted by molar-refractivity contribution is -0.142. The van der Waals surface area contributed by atoms with E-state index in [0.717, 1.165) is 12.0 Å². The van der Waals surface area contributed by atoms with Gasteiger partial charge in [0.2, 0.25) is 0 Å². The summed E-state index contributed by atoms with van der Waals surface area (Å²) in [5, 5.41) is 9.11. The molecule has 88 valence electrons. The topological polar surface area (TPSA) is 37.3 Å². The molecule has 0 aliphatic heterocycles. The average Bonchev–Trinajstić information content (AvgIpc) is 2.26. The van der Waals surface area contributed by atoms with Gasteiger partial charge in [0, 0.05) is 0 Å². The Morgan fingerprint density at radius 3 is 2.25 bits per heavy atom. The van der Waals surface area contributed by atoms with E-state index in [1.807, 2.05) is 24.3 Å². The Morgan fingerprint density at radius 1 is 1.25 bits per heavy atom. The molecule has 1 N–H and O–H groups in total. The molecule has 0 aliphatic rings. The molecule has 0 aromatic heterocycles. The standard InChI is InChI=1S/C14H20O2/c1-4-5-6-11-7-9-12(10-8-11)14(2,3)13(15)16/h7-10H,4-6H2,1-3H3,(H,15,16). The number of aliphatic carboxylic acids is 1. The van der Waals surface area contributed by atoms with Gasteiger partial charge in [-0.2, -0.15) is 0 Å². The molecule has 0 atom stereocenters. The molecule has 1 aromatic carbocycles. The van der Waals surface area contributed by atoms with Crippen molar-refractivity contribution in [3.63, 3.8) is 0 Å². The first-order valence-electron chi connectivity index (χ1n) is 5.81. The first-order valence-corrected chi connectivity index (χ1v) is 5.81. The van der Waals surface area contributed by atoms with E-state index in [2.05, 4.69) is 6.92 Å². The van der Waals surface area contributed by atoms with E-state index in [9.17, 15) is 4.79 Å². The van der Waals surface area contributed by atoms with E-state index in [-0.39, 0.29) is 0 Å². The van der Waals surface area contributed by atoms with Crippen molar-refractivity contribution in [3.05, 3.63) is 35.4 Å². The van der Waals surface area contributed by atoms with Crippen molar-refractivity contribution in [3.8, 4) is 0 Å². The number of carboxylic acids is 1. The zero-order valence-electron chi connectivity index (χ0n) is 10.3. The molecular weight excluding hydrogens is 200 g/mol. The van der Waals surface area contributed by atoms with Gasteiger partial charge in [-0.15, -0.1) is 0 Å². The third-order valence-corrected chi connectivity index (χ3v) is 3.03. The average molecular weight is 220 g/mol. The minimum atomic E-state index is -0.802. The summed E-state index contributed by atoms with van der Waals surface area (Å²) in [6, 6.07) is 7.93. The molecule has 0 amide bonds. The van der Waals surface area contributed by atoms with Crippen LogP contribution in [-0.2, 0) is 16.6 Å². The van der Waals surface area contributed by atoms with Gasteiger partial charge in [-0.05, 0) is 37.8 Å². The van der Waals surface area contributed by atoms with Crippen LogP contribution in [0.3, 0.4) is 0 Å². The Balaban J connectivity index is 2.82. The highest BCUT2D eigenvalue weighted by atomic mass is 16.4. The molecule has 0 aliphatic carbocycles. The van der Waals surface area contributed by atoms with E-state index in [4.69, 9.17) is 5.11 Å². The highest BCUT2D eigenvalue weighted by Crippen LogP contribution is 2.23. The summed E-state index contributed by atoms with van der Waals surface area (Å²) >= 11 is 0. The summed E-state index contributed by atoms with van der Waals surface area (Å²) in [4.78, 5) is 11.1. The highest BCUT2D eigenvalue weighted by Gasteiger charge is 2.28. The number of carbonyl (C=O) groups is 1. The molecule has 0 fully saturated rings. The number of unbranched alkanes of at least 4 members (excludes halogenated alkanes) is 1. The van der Waals surface area contributed by atoms with Gasteiger partial charge in [-0.25, -0.2) is 0 Å². The maximum atomic E-state index is 11.1. The van der Waals surface area contributed by atoms with Crippen molar-refractivity contribution >= 4 is 5.97 Å². The minimum absolute atomic E-state index is 0.784. The van der Waals surface area contributed by atoms with Crippen LogP contribution in [-0.4, -0.2) is 11.1 Å². The van der Waals surface area contributed by atoms with E-state index >= 15 is 0 Å². The van der Waals surface area contributed by atoms with E-state index in [1.165, 1.54) is 18.4 Å². The fourth-order valence-corrected chi connectivity index (χ4v) is 1.59. The van der Waals surface area contributed by atoms with E-state index in [0.29, 0.717) is 0 Å². The minimum Gasteiger partial charge on any atom is -0.481 e. The van der Waals surface area contributed by atoms with Crippen LogP contribution < -0.4 is 0 Å². The van der Waals surface area contributed by atoms with Crippen molar-refractivity contribution in [2.45, 2.75) is 45.4 Å². The predicted molar refractivity (Wildman–Crippen MR) is 65.7 cm³/mol. The molecule has 16 heavy (non-hydrogen) atoms. The number of benzene rings is 1. The Morgan fingerprint density at radius 2 is 1.81 bits per heavy atom. The van der Waals surface area contributed by atoms with Gasteiger partial charge in [-0.3, -0.25) is 4.79 Å². The molecule has 1 aromatic rings. The molecule has 0 unspecified atom stereocenters. The van der Waals surface area contributed by atoms with Crippen LogP contribution in [0.25, 0.3) is 0 Å². The molecule has 0 radical (unpaired) electrons. The second-order valence-electron chi connectivity index (χ2n) is 4.73. The lowest BCUT2D eigenvalue weighted by atomic mass is 9.84. The number of hydrogen-bond donors (Lipinski definition) is 1. The van der Waals surface area contributed by atoms with Gasteiger partial charge in [0.15, 0.2) is 0 Å². The molecular formula is C14H20O2. The maximum absolute atomic E-state index is 11.1. The second-order valence-corrected chi connectivity index (χ2v) is 4.73. The Bertz CT molecular complexity index is 350. The van der Waals surface area contributed by atoms with Crippen molar-refractivity contribution < 1.29 is 9.90 Å². The van der Waals surface area contributed by atoms with Crippen LogP contribution in [0.5, 0.6) is 0 Å². The number of carboxylic acid groups (broad SMARTS) is 1. The second kappa shape index (κ2) is 5.15. The molecule has 0 saturated heterocycles. The Labute approximate surface area is 97.3 Å². The third kappa shape index (κ3) is 2.84. The predicted octanol–water partition coefficient (Wildman–Crippen LogP) is 3.39. The first kappa shape index (κ1) is 12.8. The summed E-state index contributed by atoms with van der Waals surface area (Å²) < 4.78 is 0. The molecule has 0 heterocycles. The molecule has 2 nitrogen and oxygen atoms in total. The van der Waals surface area contributed by atoms with Gasteiger partial charge in [0.05, 0.1) is 5.41 Å². The Kier molecular flexibility index (Phi) is 4.11. The van der Waals surface area contributed by atoms with Crippen LogP contribution in [0.2, 0.25) is 0 Å². The Hall–Kier alpha value is -1.31. The van der Waals surface area contributed by atoms with Crippen molar-refractivity contribution in [1.82, 2.24) is 0 Å². The highest BCUT2D eigenvalue weighted by molar-refractivity contribution is 5.80. The molecule has 0 bridgehead atoms. The van der Waals surface area contributed by atoms with Crippen molar-refractivity contribution in [2.24, 2.45) is 0 Å².